The van der Waals surface area contributed by atoms with E-state index < -0.39 is 0 Å². The summed E-state index contributed by atoms with van der Waals surface area (Å²) in [5.74, 6) is 0.769. The lowest BCUT2D eigenvalue weighted by molar-refractivity contribution is -0.126. The second-order valence-electron chi connectivity index (χ2n) is 4.71. The van der Waals surface area contributed by atoms with Gasteiger partial charge in [0.2, 0.25) is 5.91 Å². The van der Waals surface area contributed by atoms with Crippen molar-refractivity contribution in [2.45, 2.75) is 12.8 Å². The maximum absolute atomic E-state index is 12.0. The first kappa shape index (κ1) is 17.1. The molecule has 0 spiro atoms. The first-order chi connectivity index (χ1) is 9.20. The van der Waals surface area contributed by atoms with E-state index in [0.717, 1.165) is 24.3 Å². The second kappa shape index (κ2) is 8.35. The van der Waals surface area contributed by atoms with Crippen molar-refractivity contribution >= 4 is 29.9 Å². The van der Waals surface area contributed by atoms with Crippen LogP contribution in [0.1, 0.15) is 12.0 Å². The fraction of sp³-hybridized carbons (Fsp3) is 0.500. The van der Waals surface area contributed by atoms with Gasteiger partial charge in [0.15, 0.2) is 0 Å². The fourth-order valence-electron chi connectivity index (χ4n) is 2.15. The van der Waals surface area contributed by atoms with Crippen LogP contribution in [0.3, 0.4) is 0 Å². The van der Waals surface area contributed by atoms with Crippen molar-refractivity contribution in [1.82, 2.24) is 10.6 Å². The molecule has 2 rings (SSSR count). The van der Waals surface area contributed by atoms with E-state index in [1.807, 2.05) is 19.2 Å². The highest BCUT2D eigenvalue weighted by Gasteiger charge is 2.25. The monoisotopic (exact) mass is 318 g/mol. The number of nitrogens with one attached hydrogen (secondary N) is 2. The van der Waals surface area contributed by atoms with Crippen molar-refractivity contribution in [2.24, 2.45) is 5.92 Å². The third-order valence-electron chi connectivity index (χ3n) is 3.20. The van der Waals surface area contributed by atoms with Gasteiger partial charge in [-0.3, -0.25) is 4.79 Å². The molecule has 2 N–H and O–H groups in total. The van der Waals surface area contributed by atoms with Crippen LogP contribution in [-0.4, -0.2) is 32.7 Å². The van der Waals surface area contributed by atoms with Crippen LogP contribution in [0, 0.1) is 5.92 Å². The average molecular weight is 319 g/mol. The van der Waals surface area contributed by atoms with E-state index in [2.05, 4.69) is 10.6 Å². The summed E-state index contributed by atoms with van der Waals surface area (Å²) in [4.78, 5) is 12.0. The van der Waals surface area contributed by atoms with Crippen LogP contribution in [-0.2, 0) is 11.2 Å². The molecule has 20 heavy (non-hydrogen) atoms. The highest BCUT2D eigenvalue weighted by molar-refractivity contribution is 6.30. The van der Waals surface area contributed by atoms with E-state index in [1.54, 1.807) is 6.07 Å². The zero-order valence-corrected chi connectivity index (χ0v) is 13.0. The van der Waals surface area contributed by atoms with Gasteiger partial charge >= 0.3 is 0 Å². The molecule has 1 aromatic carbocycles. The van der Waals surface area contributed by atoms with E-state index in [0.29, 0.717) is 24.6 Å². The minimum Gasteiger partial charge on any atom is -0.492 e. The topological polar surface area (TPSA) is 50.4 Å². The van der Waals surface area contributed by atoms with Crippen LogP contribution in [0.5, 0.6) is 5.75 Å². The van der Waals surface area contributed by atoms with Gasteiger partial charge in [0.1, 0.15) is 12.4 Å². The van der Waals surface area contributed by atoms with Crippen molar-refractivity contribution in [3.63, 3.8) is 0 Å². The molecule has 1 unspecified atom stereocenters. The van der Waals surface area contributed by atoms with E-state index in [4.69, 9.17) is 16.3 Å². The van der Waals surface area contributed by atoms with Crippen LogP contribution < -0.4 is 15.4 Å². The first-order valence-electron chi connectivity index (χ1n) is 6.54. The van der Waals surface area contributed by atoms with Crippen LogP contribution in [0.25, 0.3) is 0 Å². The van der Waals surface area contributed by atoms with Crippen molar-refractivity contribution in [3.05, 3.63) is 28.8 Å². The Kier molecular flexibility index (Phi) is 7.13. The predicted octanol–water partition coefficient (Wildman–Crippen LogP) is 2.04. The number of rotatable bonds is 5. The van der Waals surface area contributed by atoms with Crippen molar-refractivity contribution < 1.29 is 9.53 Å². The molecule has 0 aromatic heterocycles. The molecule has 112 valence electrons. The Morgan fingerprint density at radius 1 is 1.45 bits per heavy atom. The SMILES string of the molecule is CNCCCNC(=O)C1COc2ccc(Cl)cc2C1.Cl. The number of hydrogen-bond acceptors (Lipinski definition) is 3. The minimum atomic E-state index is -0.124. The molecular weight excluding hydrogens is 299 g/mol. The number of hydrogen-bond donors (Lipinski definition) is 2. The van der Waals surface area contributed by atoms with Gasteiger partial charge in [-0.25, -0.2) is 0 Å². The molecular formula is C14H20Cl2N2O2. The molecule has 1 aliphatic heterocycles. The van der Waals surface area contributed by atoms with Crippen LogP contribution in [0.15, 0.2) is 18.2 Å². The number of carbonyl (C=O) groups is 1. The third-order valence-corrected chi connectivity index (χ3v) is 3.44. The zero-order valence-electron chi connectivity index (χ0n) is 11.4. The Balaban J connectivity index is 0.00000200. The van der Waals surface area contributed by atoms with Gasteiger partial charge in [-0.1, -0.05) is 11.6 Å². The number of benzene rings is 1. The van der Waals surface area contributed by atoms with E-state index in [1.165, 1.54) is 0 Å². The lowest BCUT2D eigenvalue weighted by Gasteiger charge is -2.24. The van der Waals surface area contributed by atoms with Gasteiger partial charge in [-0.15, -0.1) is 12.4 Å². The summed E-state index contributed by atoms with van der Waals surface area (Å²) >= 11 is 5.96. The highest BCUT2D eigenvalue weighted by atomic mass is 35.5. The normalized spacial score (nSPS) is 16.6. The lowest BCUT2D eigenvalue weighted by Crippen LogP contribution is -2.38. The molecule has 0 aliphatic carbocycles. The smallest absolute Gasteiger partial charge is 0.226 e. The molecule has 1 atom stereocenters. The molecule has 0 saturated carbocycles. The molecule has 0 bridgehead atoms. The fourth-order valence-corrected chi connectivity index (χ4v) is 2.35. The van der Waals surface area contributed by atoms with Gasteiger partial charge in [-0.2, -0.15) is 0 Å². The summed E-state index contributed by atoms with van der Waals surface area (Å²) in [5.41, 5.74) is 1.01. The standard InChI is InChI=1S/C14H19ClN2O2.ClH/c1-16-5-2-6-17-14(18)11-7-10-8-12(15)3-4-13(10)19-9-11;/h3-4,8,11,16H,2,5-7,9H2,1H3,(H,17,18);1H. The lowest BCUT2D eigenvalue weighted by atomic mass is 9.96. The molecule has 4 nitrogen and oxygen atoms in total. The average Bonchev–Trinajstić information content (AvgIpc) is 2.42. The Labute approximate surface area is 130 Å². The molecule has 1 aliphatic rings. The predicted molar refractivity (Wildman–Crippen MR) is 82.9 cm³/mol. The van der Waals surface area contributed by atoms with E-state index in [-0.39, 0.29) is 24.2 Å². The van der Waals surface area contributed by atoms with E-state index in [9.17, 15) is 4.79 Å². The quantitative estimate of drug-likeness (QED) is 0.817. The number of fused-ring (bicyclic) bond motifs is 1. The van der Waals surface area contributed by atoms with Gasteiger partial charge < -0.3 is 15.4 Å². The number of ether oxygens (including phenoxy) is 1. The third kappa shape index (κ3) is 4.54. The van der Waals surface area contributed by atoms with E-state index >= 15 is 0 Å². The van der Waals surface area contributed by atoms with Crippen molar-refractivity contribution in [3.8, 4) is 5.75 Å². The highest BCUT2D eigenvalue weighted by Crippen LogP contribution is 2.29. The Bertz CT molecular complexity index is 455. The van der Waals surface area contributed by atoms with Crippen LogP contribution >= 0.6 is 24.0 Å². The molecule has 1 heterocycles. The summed E-state index contributed by atoms with van der Waals surface area (Å²) in [7, 11) is 1.90. The summed E-state index contributed by atoms with van der Waals surface area (Å²) in [6.07, 6.45) is 1.62. The van der Waals surface area contributed by atoms with Gasteiger partial charge in [0, 0.05) is 11.6 Å². The Morgan fingerprint density at radius 2 is 2.25 bits per heavy atom. The van der Waals surface area contributed by atoms with Crippen LogP contribution in [0.2, 0.25) is 5.02 Å². The van der Waals surface area contributed by atoms with Crippen molar-refractivity contribution in [2.75, 3.05) is 26.7 Å². The summed E-state index contributed by atoms with van der Waals surface area (Å²) in [6.45, 7) is 2.03. The molecule has 6 heteroatoms. The minimum absolute atomic E-state index is 0. The van der Waals surface area contributed by atoms with Crippen LogP contribution in [0.4, 0.5) is 0 Å². The van der Waals surface area contributed by atoms with Gasteiger partial charge in [0.25, 0.3) is 0 Å². The zero-order chi connectivity index (χ0) is 13.7. The summed E-state index contributed by atoms with van der Waals surface area (Å²) < 4.78 is 5.61. The van der Waals surface area contributed by atoms with Gasteiger partial charge in [-0.05, 0) is 50.2 Å². The largest absolute Gasteiger partial charge is 0.492 e. The molecule has 1 amide bonds. The number of halogens is 2. The second-order valence-corrected chi connectivity index (χ2v) is 5.15. The summed E-state index contributed by atoms with van der Waals surface area (Å²) in [6, 6.07) is 5.54. The van der Waals surface area contributed by atoms with Gasteiger partial charge in [0.05, 0.1) is 5.92 Å². The molecule has 0 fully saturated rings. The van der Waals surface area contributed by atoms with Crippen molar-refractivity contribution in [1.29, 1.82) is 0 Å². The maximum atomic E-state index is 12.0. The maximum Gasteiger partial charge on any atom is 0.226 e. The molecule has 1 aromatic rings. The summed E-state index contributed by atoms with van der Waals surface area (Å²) in [5, 5.41) is 6.67. The Hall–Kier alpha value is -0.970. The molecule has 0 radical (unpaired) electrons. The molecule has 0 saturated heterocycles. The Morgan fingerprint density at radius 3 is 3.00 bits per heavy atom. The number of amides is 1. The number of carbonyl (C=O) groups excluding carboxylic acids is 1. The first-order valence-corrected chi connectivity index (χ1v) is 6.92.